The maximum Gasteiger partial charge on any atom is 0.187 e. The summed E-state index contributed by atoms with van der Waals surface area (Å²) < 4.78 is 21.9. The van der Waals surface area contributed by atoms with Gasteiger partial charge in [-0.05, 0) is 31.1 Å². The van der Waals surface area contributed by atoms with Gasteiger partial charge in [0.25, 0.3) is 0 Å². The van der Waals surface area contributed by atoms with Crippen molar-refractivity contribution < 1.29 is 59.8 Å². The van der Waals surface area contributed by atoms with Crippen molar-refractivity contribution >= 4 is 0 Å². The average Bonchev–Trinajstić information content (AvgIpc) is 3.09. The molecule has 0 unspecified atom stereocenters. The van der Waals surface area contributed by atoms with Gasteiger partial charge in [-0.3, -0.25) is 0 Å². The summed E-state index contributed by atoms with van der Waals surface area (Å²) in [5.41, 5.74) is -3.69. The van der Waals surface area contributed by atoms with Crippen LogP contribution in [0.5, 0.6) is 0 Å². The topological polar surface area (TPSA) is 199 Å². The molecule has 36 heavy (non-hydrogen) atoms. The molecule has 12 heteroatoms. The third-order valence-electron chi connectivity index (χ3n) is 7.85. The SMILES string of the molecule is C[C@@H]1C[C@H](O)CC(C)(C)[C@@]1(O)/C=C/[C@H](C)O[C@@H]1O[C@H](CO[C@@H]2OC[C@](O)(CO)[C@H]2O)[C@@H](O)[C@H](O)[C@H]1O. The van der Waals surface area contributed by atoms with E-state index in [0.717, 1.165) is 0 Å². The van der Waals surface area contributed by atoms with E-state index in [-0.39, 0.29) is 19.1 Å². The molecule has 0 aromatic rings. The first-order valence-electron chi connectivity index (χ1n) is 12.3. The molecular weight excluding hydrogens is 480 g/mol. The van der Waals surface area contributed by atoms with E-state index in [9.17, 15) is 40.9 Å². The van der Waals surface area contributed by atoms with Crippen LogP contribution in [0.1, 0.15) is 40.5 Å². The first-order chi connectivity index (χ1) is 16.6. The normalized spacial score (nSPS) is 48.4. The molecule has 0 amide bonds. The lowest BCUT2D eigenvalue weighted by molar-refractivity contribution is -0.314. The number of aliphatic hydroxyl groups is 8. The minimum absolute atomic E-state index is 0.216. The Morgan fingerprint density at radius 3 is 2.28 bits per heavy atom. The highest BCUT2D eigenvalue weighted by molar-refractivity contribution is 5.15. The van der Waals surface area contributed by atoms with Gasteiger partial charge in [0.1, 0.15) is 36.1 Å². The summed E-state index contributed by atoms with van der Waals surface area (Å²) in [4.78, 5) is 0. The Labute approximate surface area is 210 Å². The minimum atomic E-state index is -1.88. The van der Waals surface area contributed by atoms with Crippen molar-refractivity contribution in [2.24, 2.45) is 11.3 Å². The maximum atomic E-state index is 11.4. The summed E-state index contributed by atoms with van der Waals surface area (Å²) in [6.07, 6.45) is -7.17. The van der Waals surface area contributed by atoms with E-state index in [1.54, 1.807) is 19.1 Å². The Bertz CT molecular complexity index is 763. The first kappa shape index (κ1) is 29.8. The van der Waals surface area contributed by atoms with E-state index in [1.807, 2.05) is 20.8 Å². The number of hydrogen-bond acceptors (Lipinski definition) is 12. The van der Waals surface area contributed by atoms with Crippen molar-refractivity contribution in [1.29, 1.82) is 0 Å². The lowest BCUT2D eigenvalue weighted by atomic mass is 9.60. The molecule has 1 aliphatic carbocycles. The molecule has 0 aromatic heterocycles. The van der Waals surface area contributed by atoms with Crippen LogP contribution < -0.4 is 0 Å². The molecule has 0 aromatic carbocycles. The highest BCUT2D eigenvalue weighted by Crippen LogP contribution is 2.48. The summed E-state index contributed by atoms with van der Waals surface area (Å²) in [6.45, 7) is 5.80. The van der Waals surface area contributed by atoms with E-state index in [2.05, 4.69) is 0 Å². The average molecular weight is 523 g/mol. The monoisotopic (exact) mass is 522 g/mol. The summed E-state index contributed by atoms with van der Waals surface area (Å²) >= 11 is 0. The fraction of sp³-hybridized carbons (Fsp3) is 0.917. The van der Waals surface area contributed by atoms with Crippen molar-refractivity contribution in [2.45, 2.75) is 107 Å². The third-order valence-corrected chi connectivity index (χ3v) is 7.85. The maximum absolute atomic E-state index is 11.4. The van der Waals surface area contributed by atoms with Crippen LogP contribution in [0.25, 0.3) is 0 Å². The highest BCUT2D eigenvalue weighted by atomic mass is 16.7. The van der Waals surface area contributed by atoms with E-state index >= 15 is 0 Å². The number of rotatable bonds is 8. The molecule has 3 rings (SSSR count). The second kappa shape index (κ2) is 11.2. The van der Waals surface area contributed by atoms with Crippen LogP contribution in [0.15, 0.2) is 12.2 Å². The molecule has 2 heterocycles. The molecule has 12 atom stereocenters. The number of hydrogen-bond donors (Lipinski definition) is 8. The van der Waals surface area contributed by atoms with E-state index < -0.39 is 78.5 Å². The largest absolute Gasteiger partial charge is 0.393 e. The van der Waals surface area contributed by atoms with Crippen LogP contribution in [0.2, 0.25) is 0 Å². The summed E-state index contributed by atoms with van der Waals surface area (Å²) in [7, 11) is 0. The number of aliphatic hydroxyl groups excluding tert-OH is 6. The standard InChI is InChI=1S/C24H42O12/c1-12-7-14(26)8-22(3,4)24(12,32)6-5-13(2)35-20-18(29)17(28)16(27)15(36-20)9-33-21-19(30)23(31,10-25)11-34-21/h5-6,12-21,25-32H,7-11H2,1-4H3/b6-5+/t12-,13+,14+,15-,16-,17+,18-,19+,20-,21-,23-,24-/m1/s1. The van der Waals surface area contributed by atoms with Gasteiger partial charge in [0.2, 0.25) is 0 Å². The van der Waals surface area contributed by atoms with E-state index in [0.29, 0.717) is 12.8 Å². The quantitative estimate of drug-likeness (QED) is 0.160. The molecule has 8 N–H and O–H groups in total. The third kappa shape index (κ3) is 5.80. The first-order valence-corrected chi connectivity index (χ1v) is 12.3. The second-order valence-corrected chi connectivity index (χ2v) is 11.1. The predicted molar refractivity (Wildman–Crippen MR) is 123 cm³/mol. The fourth-order valence-electron chi connectivity index (χ4n) is 5.31. The van der Waals surface area contributed by atoms with Gasteiger partial charge in [-0.2, -0.15) is 0 Å². The van der Waals surface area contributed by atoms with Crippen molar-refractivity contribution in [3.63, 3.8) is 0 Å². The van der Waals surface area contributed by atoms with Gasteiger partial charge in [-0.1, -0.05) is 32.9 Å². The van der Waals surface area contributed by atoms with Crippen molar-refractivity contribution in [3.05, 3.63) is 12.2 Å². The molecule has 2 aliphatic heterocycles. The zero-order chi connectivity index (χ0) is 27.1. The molecular formula is C24H42O12. The predicted octanol–water partition coefficient (Wildman–Crippen LogP) is -2.24. The van der Waals surface area contributed by atoms with E-state index in [4.69, 9.17) is 18.9 Å². The van der Waals surface area contributed by atoms with Crippen LogP contribution in [-0.2, 0) is 18.9 Å². The smallest absolute Gasteiger partial charge is 0.187 e. The minimum Gasteiger partial charge on any atom is -0.393 e. The Balaban J connectivity index is 1.62. The summed E-state index contributed by atoms with van der Waals surface area (Å²) in [5.74, 6) is -0.216. The zero-order valence-electron chi connectivity index (χ0n) is 21.2. The Morgan fingerprint density at radius 1 is 1.03 bits per heavy atom. The molecule has 12 nitrogen and oxygen atoms in total. The fourth-order valence-corrected chi connectivity index (χ4v) is 5.31. The highest BCUT2D eigenvalue weighted by Gasteiger charge is 2.52. The van der Waals surface area contributed by atoms with Gasteiger partial charge < -0.3 is 59.8 Å². The lowest BCUT2D eigenvalue weighted by Crippen LogP contribution is -2.60. The molecule has 0 bridgehead atoms. The van der Waals surface area contributed by atoms with Crippen molar-refractivity contribution in [1.82, 2.24) is 0 Å². The van der Waals surface area contributed by atoms with Crippen LogP contribution in [0.3, 0.4) is 0 Å². The molecule has 3 aliphatic rings. The van der Waals surface area contributed by atoms with Gasteiger partial charge in [-0.15, -0.1) is 0 Å². The van der Waals surface area contributed by atoms with Crippen LogP contribution in [-0.4, -0.2) is 127 Å². The molecule has 3 fully saturated rings. The van der Waals surface area contributed by atoms with Gasteiger partial charge in [0.05, 0.1) is 37.6 Å². The van der Waals surface area contributed by atoms with Gasteiger partial charge in [-0.25, -0.2) is 0 Å². The van der Waals surface area contributed by atoms with Gasteiger partial charge in [0, 0.05) is 0 Å². The zero-order valence-corrected chi connectivity index (χ0v) is 21.2. The van der Waals surface area contributed by atoms with Crippen LogP contribution >= 0.6 is 0 Å². The summed E-state index contributed by atoms with van der Waals surface area (Å²) in [5, 5.41) is 81.9. The molecule has 0 radical (unpaired) electrons. The van der Waals surface area contributed by atoms with Crippen molar-refractivity contribution in [3.8, 4) is 0 Å². The second-order valence-electron chi connectivity index (χ2n) is 11.1. The lowest BCUT2D eigenvalue weighted by Gasteiger charge is -2.50. The molecule has 2 saturated heterocycles. The number of ether oxygens (including phenoxy) is 4. The van der Waals surface area contributed by atoms with Crippen LogP contribution in [0.4, 0.5) is 0 Å². The van der Waals surface area contributed by atoms with E-state index in [1.165, 1.54) is 0 Å². The van der Waals surface area contributed by atoms with Gasteiger partial charge >= 0.3 is 0 Å². The van der Waals surface area contributed by atoms with Gasteiger partial charge in [0.15, 0.2) is 12.6 Å². The Kier molecular flexibility index (Phi) is 9.25. The molecule has 0 spiro atoms. The molecule has 210 valence electrons. The summed E-state index contributed by atoms with van der Waals surface area (Å²) in [6, 6.07) is 0. The Morgan fingerprint density at radius 2 is 1.69 bits per heavy atom. The van der Waals surface area contributed by atoms with Crippen LogP contribution in [0, 0.1) is 11.3 Å². The van der Waals surface area contributed by atoms with Crippen molar-refractivity contribution in [2.75, 3.05) is 19.8 Å². The Hall–Kier alpha value is -0.740. The molecule has 1 saturated carbocycles.